The minimum absolute atomic E-state index is 0.255. The van der Waals surface area contributed by atoms with Crippen molar-refractivity contribution in [1.29, 1.82) is 0 Å². The number of hydrogen-bond donors (Lipinski definition) is 1. The van der Waals surface area contributed by atoms with E-state index >= 15 is 0 Å². The van der Waals surface area contributed by atoms with Gasteiger partial charge in [0.2, 0.25) is 0 Å². The van der Waals surface area contributed by atoms with E-state index in [0.29, 0.717) is 12.1 Å². The van der Waals surface area contributed by atoms with Crippen molar-refractivity contribution in [2.45, 2.75) is 66.5 Å². The first-order valence-electron chi connectivity index (χ1n) is 6.32. The third-order valence-corrected chi connectivity index (χ3v) is 2.70. The molecule has 0 saturated heterocycles. The van der Waals surface area contributed by atoms with Crippen LogP contribution in [0.1, 0.15) is 54.4 Å². The second kappa shape index (κ2) is 7.24. The van der Waals surface area contributed by atoms with Crippen molar-refractivity contribution in [3.05, 3.63) is 0 Å². The predicted molar refractivity (Wildman–Crippen MR) is 67.2 cm³/mol. The van der Waals surface area contributed by atoms with Crippen LogP contribution in [0.5, 0.6) is 0 Å². The maximum Gasteiger partial charge on any atom is 0.0730 e. The summed E-state index contributed by atoms with van der Waals surface area (Å²) in [6.07, 6.45) is 2.59. The maximum absolute atomic E-state index is 5.81. The Labute approximate surface area is 95.8 Å². The van der Waals surface area contributed by atoms with Crippen LogP contribution >= 0.6 is 0 Å². The summed E-state index contributed by atoms with van der Waals surface area (Å²) >= 11 is 0. The Kier molecular flexibility index (Phi) is 7.20. The fourth-order valence-electron chi connectivity index (χ4n) is 1.96. The lowest BCUT2D eigenvalue weighted by molar-refractivity contribution is 0.000535. The van der Waals surface area contributed by atoms with Gasteiger partial charge in [-0.25, -0.2) is 0 Å². The summed E-state index contributed by atoms with van der Waals surface area (Å²) in [7, 11) is 0. The first-order valence-corrected chi connectivity index (χ1v) is 6.32. The summed E-state index contributed by atoms with van der Waals surface area (Å²) in [5.74, 6) is 0. The van der Waals surface area contributed by atoms with E-state index < -0.39 is 0 Å². The normalized spacial score (nSPS) is 16.4. The molecule has 0 heterocycles. The molecule has 0 aliphatic rings. The van der Waals surface area contributed by atoms with Crippen LogP contribution in [0.15, 0.2) is 0 Å². The minimum Gasteiger partial charge on any atom is -0.377 e. The Hall–Kier alpha value is -0.0800. The SMILES string of the molecule is CCCNC(C(CC)OCC)C(C)(C)C. The van der Waals surface area contributed by atoms with Crippen LogP contribution < -0.4 is 5.32 Å². The minimum atomic E-state index is 0.255. The molecule has 0 fully saturated rings. The molecule has 0 spiro atoms. The monoisotopic (exact) mass is 215 g/mol. The van der Waals surface area contributed by atoms with Gasteiger partial charge in [0, 0.05) is 12.6 Å². The van der Waals surface area contributed by atoms with Gasteiger partial charge in [0.05, 0.1) is 6.10 Å². The van der Waals surface area contributed by atoms with Gasteiger partial charge in [0.15, 0.2) is 0 Å². The lowest BCUT2D eigenvalue weighted by atomic mass is 9.82. The molecule has 0 aliphatic heterocycles. The molecule has 92 valence electrons. The summed E-state index contributed by atoms with van der Waals surface area (Å²) < 4.78 is 5.81. The van der Waals surface area contributed by atoms with Gasteiger partial charge in [0.1, 0.15) is 0 Å². The molecule has 2 heteroatoms. The second-order valence-electron chi connectivity index (χ2n) is 5.20. The molecule has 0 radical (unpaired) electrons. The van der Waals surface area contributed by atoms with Crippen LogP contribution in [-0.2, 0) is 4.74 Å². The molecule has 0 bridgehead atoms. The third-order valence-electron chi connectivity index (χ3n) is 2.70. The van der Waals surface area contributed by atoms with Crippen LogP contribution in [0.25, 0.3) is 0 Å². The van der Waals surface area contributed by atoms with Crippen molar-refractivity contribution < 1.29 is 4.74 Å². The molecular formula is C13H29NO. The summed E-state index contributed by atoms with van der Waals surface area (Å²) in [6, 6.07) is 0.447. The number of ether oxygens (including phenoxy) is 1. The maximum atomic E-state index is 5.81. The van der Waals surface area contributed by atoms with Crippen LogP contribution in [0.4, 0.5) is 0 Å². The Morgan fingerprint density at radius 3 is 2.07 bits per heavy atom. The number of hydrogen-bond acceptors (Lipinski definition) is 2. The highest BCUT2D eigenvalue weighted by atomic mass is 16.5. The van der Waals surface area contributed by atoms with Crippen molar-refractivity contribution in [2.75, 3.05) is 13.2 Å². The summed E-state index contributed by atoms with van der Waals surface area (Å²) in [6.45, 7) is 15.2. The van der Waals surface area contributed by atoms with Crippen molar-refractivity contribution >= 4 is 0 Å². The van der Waals surface area contributed by atoms with E-state index in [1.807, 2.05) is 0 Å². The molecule has 0 saturated carbocycles. The molecule has 0 aromatic heterocycles. The van der Waals surface area contributed by atoms with Gasteiger partial charge in [-0.05, 0) is 31.7 Å². The van der Waals surface area contributed by atoms with Gasteiger partial charge in [-0.3, -0.25) is 0 Å². The van der Waals surface area contributed by atoms with Crippen LogP contribution in [0.3, 0.4) is 0 Å². The average molecular weight is 215 g/mol. The molecule has 2 nitrogen and oxygen atoms in total. The highest BCUT2D eigenvalue weighted by Gasteiger charge is 2.30. The van der Waals surface area contributed by atoms with E-state index in [2.05, 4.69) is 46.9 Å². The molecule has 0 aromatic carbocycles. The number of nitrogens with one attached hydrogen (secondary N) is 1. The molecule has 15 heavy (non-hydrogen) atoms. The fourth-order valence-corrected chi connectivity index (χ4v) is 1.96. The standard InChI is InChI=1S/C13H29NO/c1-7-10-14-12(13(4,5)6)11(8-2)15-9-3/h11-12,14H,7-10H2,1-6H3. The summed E-state index contributed by atoms with van der Waals surface area (Å²) in [4.78, 5) is 0. The van der Waals surface area contributed by atoms with Gasteiger partial charge in [-0.2, -0.15) is 0 Å². The lowest BCUT2D eigenvalue weighted by Crippen LogP contribution is -2.50. The molecule has 1 N–H and O–H groups in total. The van der Waals surface area contributed by atoms with E-state index in [9.17, 15) is 0 Å². The highest BCUT2D eigenvalue weighted by Crippen LogP contribution is 2.25. The molecular weight excluding hydrogens is 186 g/mol. The zero-order chi connectivity index (χ0) is 11.9. The zero-order valence-corrected chi connectivity index (χ0v) is 11.4. The van der Waals surface area contributed by atoms with E-state index in [1.54, 1.807) is 0 Å². The average Bonchev–Trinajstić information content (AvgIpc) is 2.14. The van der Waals surface area contributed by atoms with E-state index in [0.717, 1.165) is 19.6 Å². The first-order chi connectivity index (χ1) is 6.97. The molecule has 2 atom stereocenters. The highest BCUT2D eigenvalue weighted by molar-refractivity contribution is 4.86. The fraction of sp³-hybridized carbons (Fsp3) is 1.00. The smallest absolute Gasteiger partial charge is 0.0730 e. The quantitative estimate of drug-likeness (QED) is 0.704. The Morgan fingerprint density at radius 2 is 1.73 bits per heavy atom. The van der Waals surface area contributed by atoms with Crippen molar-refractivity contribution in [3.8, 4) is 0 Å². The van der Waals surface area contributed by atoms with Gasteiger partial charge in [-0.15, -0.1) is 0 Å². The number of rotatable bonds is 7. The van der Waals surface area contributed by atoms with E-state index in [4.69, 9.17) is 4.74 Å². The zero-order valence-electron chi connectivity index (χ0n) is 11.4. The molecule has 2 unspecified atom stereocenters. The Morgan fingerprint density at radius 1 is 1.13 bits per heavy atom. The summed E-state index contributed by atoms with van der Waals surface area (Å²) in [5, 5.41) is 3.62. The van der Waals surface area contributed by atoms with Crippen LogP contribution in [-0.4, -0.2) is 25.3 Å². The topological polar surface area (TPSA) is 21.3 Å². The predicted octanol–water partition coefficient (Wildman–Crippen LogP) is 3.22. The van der Waals surface area contributed by atoms with Gasteiger partial charge in [-0.1, -0.05) is 34.6 Å². The van der Waals surface area contributed by atoms with Crippen molar-refractivity contribution in [2.24, 2.45) is 5.41 Å². The van der Waals surface area contributed by atoms with Crippen LogP contribution in [0.2, 0.25) is 0 Å². The van der Waals surface area contributed by atoms with E-state index in [-0.39, 0.29) is 5.41 Å². The Balaban J connectivity index is 4.43. The van der Waals surface area contributed by atoms with Gasteiger partial charge < -0.3 is 10.1 Å². The van der Waals surface area contributed by atoms with E-state index in [1.165, 1.54) is 6.42 Å². The first kappa shape index (κ1) is 14.9. The third kappa shape index (κ3) is 5.53. The molecule has 0 amide bonds. The summed E-state index contributed by atoms with van der Waals surface area (Å²) in [5.41, 5.74) is 0.255. The lowest BCUT2D eigenvalue weighted by Gasteiger charge is -2.37. The Bertz CT molecular complexity index is 151. The second-order valence-corrected chi connectivity index (χ2v) is 5.20. The molecule has 0 aliphatic carbocycles. The van der Waals surface area contributed by atoms with Gasteiger partial charge >= 0.3 is 0 Å². The van der Waals surface area contributed by atoms with Crippen LogP contribution in [0, 0.1) is 5.41 Å². The van der Waals surface area contributed by atoms with Crippen molar-refractivity contribution in [3.63, 3.8) is 0 Å². The van der Waals surface area contributed by atoms with Gasteiger partial charge in [0.25, 0.3) is 0 Å². The largest absolute Gasteiger partial charge is 0.377 e. The molecule has 0 aromatic rings. The molecule has 0 rings (SSSR count). The van der Waals surface area contributed by atoms with Crippen molar-refractivity contribution in [1.82, 2.24) is 5.32 Å².